The molecule has 0 saturated carbocycles. The van der Waals surface area contributed by atoms with Gasteiger partial charge in [0.05, 0.1) is 27.1 Å². The lowest BCUT2D eigenvalue weighted by Crippen LogP contribution is -2.26. The molecule has 0 aliphatic carbocycles. The van der Waals surface area contributed by atoms with Crippen molar-refractivity contribution in [3.8, 4) is 0 Å². The Labute approximate surface area is 131 Å². The van der Waals surface area contributed by atoms with E-state index in [2.05, 4.69) is 52.1 Å². The molecule has 0 aromatic carbocycles. The lowest BCUT2D eigenvalue weighted by molar-refractivity contribution is 0.0937. The van der Waals surface area contributed by atoms with Gasteiger partial charge in [-0.3, -0.25) is 4.79 Å². The minimum Gasteiger partial charge on any atom is -0.387 e. The number of anilines is 1. The lowest BCUT2D eigenvalue weighted by Gasteiger charge is -2.09. The summed E-state index contributed by atoms with van der Waals surface area (Å²) < 4.78 is 1.48. The number of nitrogens with one attached hydrogen (secondary N) is 3. The first-order valence-corrected chi connectivity index (χ1v) is 7.36. The topological polar surface area (TPSA) is 120 Å². The molecule has 2 heterocycles. The molecule has 6 N–H and O–H groups in total. The van der Waals surface area contributed by atoms with Gasteiger partial charge >= 0.3 is 0 Å². The third kappa shape index (κ3) is 3.62. The van der Waals surface area contributed by atoms with E-state index in [9.17, 15) is 9.90 Å². The summed E-state index contributed by atoms with van der Waals surface area (Å²) in [5.41, 5.74) is 6.39. The number of carbonyl (C=O) groups excluding carboxylic acids is 1. The number of hydrogen-bond donors (Lipinski definition) is 5. The van der Waals surface area contributed by atoms with Gasteiger partial charge in [0.25, 0.3) is 5.91 Å². The fourth-order valence-electron chi connectivity index (χ4n) is 1.62. The van der Waals surface area contributed by atoms with Crippen molar-refractivity contribution in [2.75, 3.05) is 12.3 Å². The summed E-state index contributed by atoms with van der Waals surface area (Å²) in [5.74, 6) is 0.0110. The van der Waals surface area contributed by atoms with Crippen molar-refractivity contribution in [3.05, 3.63) is 32.7 Å². The first kappa shape index (κ1) is 15.1. The van der Waals surface area contributed by atoms with Crippen molar-refractivity contribution in [2.45, 2.75) is 12.5 Å². The van der Waals surface area contributed by atoms with E-state index in [4.69, 9.17) is 5.73 Å². The molecule has 9 heteroatoms. The van der Waals surface area contributed by atoms with Gasteiger partial charge in [-0.15, -0.1) is 0 Å². The number of nitrogen functional groups attached to an aromatic ring is 1. The van der Waals surface area contributed by atoms with Crippen LogP contribution in [0.4, 0.5) is 5.95 Å². The number of aromatic nitrogens is 3. The van der Waals surface area contributed by atoms with E-state index in [1.165, 1.54) is 6.20 Å². The second kappa shape index (κ2) is 6.42. The van der Waals surface area contributed by atoms with E-state index in [1.54, 1.807) is 6.07 Å². The second-order valence-corrected chi connectivity index (χ2v) is 5.78. The largest absolute Gasteiger partial charge is 0.387 e. The summed E-state index contributed by atoms with van der Waals surface area (Å²) in [6.45, 7) is 0.327. The standard InChI is InChI=1S/C11H13Br2N5O2/c12-5-3-6(17-9(5)13)10(20)15-2-1-8(19)7-4-16-11(14)18-7/h3-4,8,17,19H,1-2H2,(H,15,20)(H3,14,16,18). The summed E-state index contributed by atoms with van der Waals surface area (Å²) in [4.78, 5) is 21.2. The Balaban J connectivity index is 1.82. The molecule has 2 aromatic heterocycles. The lowest BCUT2D eigenvalue weighted by atomic mass is 10.2. The quantitative estimate of drug-likeness (QED) is 0.518. The minimum absolute atomic E-state index is 0.243. The maximum atomic E-state index is 11.8. The van der Waals surface area contributed by atoms with Crippen LogP contribution < -0.4 is 11.1 Å². The van der Waals surface area contributed by atoms with Crippen molar-refractivity contribution in [1.29, 1.82) is 0 Å². The van der Waals surface area contributed by atoms with E-state index < -0.39 is 6.10 Å². The van der Waals surface area contributed by atoms with E-state index >= 15 is 0 Å². The predicted octanol–water partition coefficient (Wildman–Crippen LogP) is 1.70. The molecule has 20 heavy (non-hydrogen) atoms. The molecule has 0 saturated heterocycles. The number of hydrogen-bond acceptors (Lipinski definition) is 4. The molecule has 0 bridgehead atoms. The average Bonchev–Trinajstić information content (AvgIpc) is 2.96. The number of aliphatic hydroxyl groups is 1. The number of amides is 1. The molecule has 1 unspecified atom stereocenters. The third-order valence-corrected chi connectivity index (χ3v) is 4.43. The number of halogens is 2. The zero-order valence-electron chi connectivity index (χ0n) is 10.3. The van der Waals surface area contributed by atoms with Gasteiger partial charge in [-0.2, -0.15) is 0 Å². The number of H-pyrrole nitrogens is 2. The molecule has 2 aromatic rings. The number of carbonyl (C=O) groups is 1. The molecule has 0 fully saturated rings. The van der Waals surface area contributed by atoms with Gasteiger partial charge in [0.2, 0.25) is 0 Å². The zero-order valence-corrected chi connectivity index (χ0v) is 13.5. The van der Waals surface area contributed by atoms with Crippen LogP contribution in [0.5, 0.6) is 0 Å². The highest BCUT2D eigenvalue weighted by Crippen LogP contribution is 2.23. The van der Waals surface area contributed by atoms with E-state index in [1.807, 2.05) is 0 Å². The molecule has 2 rings (SSSR count). The van der Waals surface area contributed by atoms with Crippen molar-refractivity contribution >= 4 is 43.7 Å². The molecule has 108 valence electrons. The molecule has 0 aliphatic heterocycles. The highest BCUT2D eigenvalue weighted by Gasteiger charge is 2.13. The molecular weight excluding hydrogens is 394 g/mol. The minimum atomic E-state index is -0.748. The van der Waals surface area contributed by atoms with Crippen LogP contribution in [-0.4, -0.2) is 32.5 Å². The van der Waals surface area contributed by atoms with Gasteiger partial charge in [0.15, 0.2) is 5.95 Å². The first-order valence-electron chi connectivity index (χ1n) is 5.78. The number of rotatable bonds is 5. The molecule has 0 aliphatic rings. The normalized spacial score (nSPS) is 12.3. The van der Waals surface area contributed by atoms with Crippen LogP contribution in [0.2, 0.25) is 0 Å². The highest BCUT2D eigenvalue weighted by atomic mass is 79.9. The zero-order chi connectivity index (χ0) is 14.7. The summed E-state index contributed by atoms with van der Waals surface area (Å²) in [7, 11) is 0. The van der Waals surface area contributed by atoms with E-state index in [-0.39, 0.29) is 11.9 Å². The van der Waals surface area contributed by atoms with Crippen LogP contribution in [0, 0.1) is 0 Å². The van der Waals surface area contributed by atoms with Gasteiger partial charge in [-0.25, -0.2) is 4.98 Å². The fraction of sp³-hybridized carbons (Fsp3) is 0.273. The number of nitrogens with two attached hydrogens (primary N) is 1. The molecule has 1 atom stereocenters. The third-order valence-electron chi connectivity index (χ3n) is 2.65. The Bertz CT molecular complexity index is 590. The summed E-state index contributed by atoms with van der Waals surface area (Å²) in [5, 5.41) is 12.6. The Morgan fingerprint density at radius 3 is 2.80 bits per heavy atom. The summed E-state index contributed by atoms with van der Waals surface area (Å²) >= 11 is 6.55. The van der Waals surface area contributed by atoms with Crippen molar-refractivity contribution in [1.82, 2.24) is 20.3 Å². The Morgan fingerprint density at radius 2 is 2.25 bits per heavy atom. The maximum Gasteiger partial charge on any atom is 0.267 e. The van der Waals surface area contributed by atoms with Crippen LogP contribution in [0.3, 0.4) is 0 Å². The van der Waals surface area contributed by atoms with Crippen LogP contribution in [0.1, 0.15) is 28.7 Å². The molecule has 0 spiro atoms. The highest BCUT2D eigenvalue weighted by molar-refractivity contribution is 9.13. The Kier molecular flexibility index (Phi) is 4.84. The number of aliphatic hydroxyl groups excluding tert-OH is 1. The number of aromatic amines is 2. The molecule has 0 radical (unpaired) electrons. The SMILES string of the molecule is Nc1ncc(C(O)CCNC(=O)c2cc(Br)c(Br)[nH]2)[nH]1. The van der Waals surface area contributed by atoms with Gasteiger partial charge in [0, 0.05) is 6.54 Å². The second-order valence-electron chi connectivity index (χ2n) is 4.13. The Morgan fingerprint density at radius 1 is 1.50 bits per heavy atom. The van der Waals surface area contributed by atoms with Crippen LogP contribution >= 0.6 is 31.9 Å². The predicted molar refractivity (Wildman–Crippen MR) is 81.1 cm³/mol. The summed E-state index contributed by atoms with van der Waals surface area (Å²) in [6.07, 6.45) is 1.08. The molecule has 1 amide bonds. The Hall–Kier alpha value is -1.32. The smallest absolute Gasteiger partial charge is 0.267 e. The molecule has 7 nitrogen and oxygen atoms in total. The van der Waals surface area contributed by atoms with Crippen LogP contribution in [0.15, 0.2) is 21.3 Å². The summed E-state index contributed by atoms with van der Waals surface area (Å²) in [6, 6.07) is 1.67. The van der Waals surface area contributed by atoms with E-state index in [0.29, 0.717) is 29.0 Å². The van der Waals surface area contributed by atoms with Gasteiger partial charge in [-0.1, -0.05) is 0 Å². The fourth-order valence-corrected chi connectivity index (χ4v) is 2.28. The van der Waals surface area contributed by atoms with Crippen molar-refractivity contribution in [2.24, 2.45) is 0 Å². The number of nitrogens with zero attached hydrogens (tertiary/aromatic N) is 1. The van der Waals surface area contributed by atoms with Crippen LogP contribution in [0.25, 0.3) is 0 Å². The van der Waals surface area contributed by atoms with Gasteiger partial charge in [-0.05, 0) is 44.3 Å². The van der Waals surface area contributed by atoms with Gasteiger partial charge in [0.1, 0.15) is 5.69 Å². The van der Waals surface area contributed by atoms with Crippen molar-refractivity contribution < 1.29 is 9.90 Å². The van der Waals surface area contributed by atoms with Crippen LogP contribution in [-0.2, 0) is 0 Å². The average molecular weight is 407 g/mol. The monoisotopic (exact) mass is 405 g/mol. The van der Waals surface area contributed by atoms with Gasteiger partial charge < -0.3 is 26.1 Å². The van der Waals surface area contributed by atoms with Crippen molar-refractivity contribution in [3.63, 3.8) is 0 Å². The number of imidazole rings is 1. The maximum absolute atomic E-state index is 11.8. The molecular formula is C11H13Br2N5O2. The first-order chi connectivity index (χ1) is 9.47. The van der Waals surface area contributed by atoms with E-state index in [0.717, 1.165) is 4.47 Å².